The van der Waals surface area contributed by atoms with Crippen LogP contribution in [0, 0.1) is 12.7 Å². The molecule has 0 spiro atoms. The zero-order valence-electron chi connectivity index (χ0n) is 11.8. The summed E-state index contributed by atoms with van der Waals surface area (Å²) < 4.78 is 20.2. The molecular formula is C17H17BrFNO. The fourth-order valence-electron chi connectivity index (χ4n) is 2.09. The van der Waals surface area contributed by atoms with Crippen LogP contribution >= 0.6 is 15.9 Å². The van der Waals surface area contributed by atoms with E-state index in [1.807, 2.05) is 25.1 Å². The highest BCUT2D eigenvalue weighted by atomic mass is 79.9. The van der Waals surface area contributed by atoms with Gasteiger partial charge >= 0.3 is 0 Å². The highest BCUT2D eigenvalue weighted by Gasteiger charge is 2.20. The summed E-state index contributed by atoms with van der Waals surface area (Å²) in [4.78, 5) is 0. The summed E-state index contributed by atoms with van der Waals surface area (Å²) in [7, 11) is 0. The number of rotatable bonds is 5. The Bertz CT molecular complexity index is 655. The predicted molar refractivity (Wildman–Crippen MR) is 85.2 cm³/mol. The first-order chi connectivity index (χ1) is 10.1. The Balaban J connectivity index is 1.74. The minimum atomic E-state index is -0.355. The van der Waals surface area contributed by atoms with Crippen LogP contribution in [0.15, 0.2) is 40.9 Å². The molecule has 0 heterocycles. The van der Waals surface area contributed by atoms with E-state index in [1.165, 1.54) is 24.5 Å². The highest BCUT2D eigenvalue weighted by Crippen LogP contribution is 2.32. The molecule has 0 aromatic heterocycles. The lowest BCUT2D eigenvalue weighted by molar-refractivity contribution is 0.439. The smallest absolute Gasteiger partial charge is 0.165 e. The van der Waals surface area contributed by atoms with Crippen molar-refractivity contribution in [1.82, 2.24) is 5.32 Å². The standard InChI is InChI=1S/C17H17BrFNO/c1-11-2-6-15(19)17(8-11)21-16-7-3-12(9-14(16)18)10-20-13-4-5-13/h2-3,6-9,13,20H,4-5,10H2,1H3. The molecule has 2 aromatic rings. The molecule has 1 aliphatic rings. The van der Waals surface area contributed by atoms with Gasteiger partial charge in [0.1, 0.15) is 5.75 Å². The van der Waals surface area contributed by atoms with Crippen LogP contribution in [0.5, 0.6) is 11.5 Å². The van der Waals surface area contributed by atoms with Crippen molar-refractivity contribution in [3.8, 4) is 11.5 Å². The molecule has 2 aromatic carbocycles. The third-order valence-electron chi connectivity index (χ3n) is 3.48. The zero-order valence-corrected chi connectivity index (χ0v) is 13.4. The SMILES string of the molecule is Cc1ccc(F)c(Oc2ccc(CNC3CC3)cc2Br)c1. The van der Waals surface area contributed by atoms with E-state index in [0.717, 1.165) is 16.6 Å². The van der Waals surface area contributed by atoms with Crippen molar-refractivity contribution in [3.63, 3.8) is 0 Å². The molecule has 0 atom stereocenters. The largest absolute Gasteiger partial charge is 0.453 e. The Morgan fingerprint density at radius 1 is 1.19 bits per heavy atom. The van der Waals surface area contributed by atoms with Gasteiger partial charge < -0.3 is 10.1 Å². The average Bonchev–Trinajstić information content (AvgIpc) is 3.27. The van der Waals surface area contributed by atoms with E-state index < -0.39 is 0 Å². The molecule has 0 saturated heterocycles. The van der Waals surface area contributed by atoms with Gasteiger partial charge in [-0.05, 0) is 71.1 Å². The molecule has 0 aliphatic heterocycles. The van der Waals surface area contributed by atoms with Crippen LogP contribution in [0.1, 0.15) is 24.0 Å². The van der Waals surface area contributed by atoms with Gasteiger partial charge in [-0.25, -0.2) is 4.39 Å². The third-order valence-corrected chi connectivity index (χ3v) is 4.09. The average molecular weight is 350 g/mol. The molecule has 0 radical (unpaired) electrons. The van der Waals surface area contributed by atoms with E-state index in [0.29, 0.717) is 11.8 Å². The van der Waals surface area contributed by atoms with Gasteiger partial charge in [-0.1, -0.05) is 12.1 Å². The summed E-state index contributed by atoms with van der Waals surface area (Å²) in [5.74, 6) is 0.515. The Morgan fingerprint density at radius 2 is 2.00 bits per heavy atom. The Hall–Kier alpha value is -1.39. The van der Waals surface area contributed by atoms with Crippen LogP contribution in [0.4, 0.5) is 4.39 Å². The van der Waals surface area contributed by atoms with Crippen molar-refractivity contribution in [2.75, 3.05) is 0 Å². The normalized spacial score (nSPS) is 14.2. The van der Waals surface area contributed by atoms with Crippen LogP contribution in [0.3, 0.4) is 0 Å². The number of benzene rings is 2. The number of ether oxygens (including phenoxy) is 1. The van der Waals surface area contributed by atoms with E-state index in [-0.39, 0.29) is 11.6 Å². The number of nitrogens with one attached hydrogen (secondary N) is 1. The van der Waals surface area contributed by atoms with Gasteiger partial charge in [0, 0.05) is 12.6 Å². The van der Waals surface area contributed by atoms with E-state index >= 15 is 0 Å². The lowest BCUT2D eigenvalue weighted by Gasteiger charge is -2.11. The van der Waals surface area contributed by atoms with Crippen LogP contribution < -0.4 is 10.1 Å². The summed E-state index contributed by atoms with van der Waals surface area (Å²) in [5.41, 5.74) is 2.15. The minimum absolute atomic E-state index is 0.250. The minimum Gasteiger partial charge on any atom is -0.453 e. The topological polar surface area (TPSA) is 21.3 Å². The van der Waals surface area contributed by atoms with E-state index in [4.69, 9.17) is 4.74 Å². The van der Waals surface area contributed by atoms with E-state index in [9.17, 15) is 4.39 Å². The van der Waals surface area contributed by atoms with Crippen LogP contribution in [-0.4, -0.2) is 6.04 Å². The molecule has 21 heavy (non-hydrogen) atoms. The number of aryl methyl sites for hydroxylation is 1. The second-order valence-electron chi connectivity index (χ2n) is 5.46. The first-order valence-corrected chi connectivity index (χ1v) is 7.87. The van der Waals surface area contributed by atoms with Gasteiger partial charge in [0.25, 0.3) is 0 Å². The second-order valence-corrected chi connectivity index (χ2v) is 6.31. The lowest BCUT2D eigenvalue weighted by Crippen LogP contribution is -2.15. The van der Waals surface area contributed by atoms with Crippen LogP contribution in [0.2, 0.25) is 0 Å². The van der Waals surface area contributed by atoms with Crippen LogP contribution in [0.25, 0.3) is 0 Å². The van der Waals surface area contributed by atoms with Gasteiger partial charge in [0.2, 0.25) is 0 Å². The summed E-state index contributed by atoms with van der Waals surface area (Å²) in [6, 6.07) is 11.4. The molecule has 0 bridgehead atoms. The third kappa shape index (κ3) is 3.83. The second kappa shape index (κ2) is 6.16. The molecule has 0 amide bonds. The molecule has 1 fully saturated rings. The Morgan fingerprint density at radius 3 is 2.71 bits per heavy atom. The van der Waals surface area contributed by atoms with Crippen molar-refractivity contribution in [2.45, 2.75) is 32.4 Å². The maximum absolute atomic E-state index is 13.7. The maximum atomic E-state index is 13.7. The molecule has 2 nitrogen and oxygen atoms in total. The van der Waals surface area contributed by atoms with Crippen molar-refractivity contribution in [3.05, 3.63) is 57.8 Å². The molecule has 1 saturated carbocycles. The van der Waals surface area contributed by atoms with Crippen molar-refractivity contribution < 1.29 is 9.13 Å². The van der Waals surface area contributed by atoms with Crippen molar-refractivity contribution in [1.29, 1.82) is 0 Å². The van der Waals surface area contributed by atoms with Gasteiger partial charge in [0.05, 0.1) is 4.47 Å². The Kier molecular flexibility index (Phi) is 4.27. The monoisotopic (exact) mass is 349 g/mol. The van der Waals surface area contributed by atoms with Gasteiger partial charge in [-0.2, -0.15) is 0 Å². The summed E-state index contributed by atoms with van der Waals surface area (Å²) in [5, 5.41) is 3.46. The molecule has 4 heteroatoms. The molecule has 1 aliphatic carbocycles. The lowest BCUT2D eigenvalue weighted by atomic mass is 10.2. The van der Waals surface area contributed by atoms with Gasteiger partial charge in [-0.3, -0.25) is 0 Å². The molecule has 1 N–H and O–H groups in total. The van der Waals surface area contributed by atoms with Crippen LogP contribution in [-0.2, 0) is 6.54 Å². The van der Waals surface area contributed by atoms with Crippen molar-refractivity contribution in [2.24, 2.45) is 0 Å². The van der Waals surface area contributed by atoms with E-state index in [2.05, 4.69) is 21.2 Å². The predicted octanol–water partition coefficient (Wildman–Crippen LogP) is 4.94. The summed E-state index contributed by atoms with van der Waals surface area (Å²) in [6.45, 7) is 2.76. The Labute approximate surface area is 132 Å². The molecule has 0 unspecified atom stereocenters. The van der Waals surface area contributed by atoms with Gasteiger partial charge in [0.15, 0.2) is 11.6 Å². The number of hydrogen-bond donors (Lipinski definition) is 1. The summed E-state index contributed by atoms with van der Waals surface area (Å²) in [6.07, 6.45) is 2.55. The zero-order chi connectivity index (χ0) is 14.8. The van der Waals surface area contributed by atoms with Crippen molar-refractivity contribution >= 4 is 15.9 Å². The maximum Gasteiger partial charge on any atom is 0.165 e. The molecule has 110 valence electrons. The van der Waals surface area contributed by atoms with E-state index in [1.54, 1.807) is 12.1 Å². The fraction of sp³-hybridized carbons (Fsp3) is 0.294. The number of halogens is 2. The fourth-order valence-corrected chi connectivity index (χ4v) is 2.60. The highest BCUT2D eigenvalue weighted by molar-refractivity contribution is 9.10. The van der Waals surface area contributed by atoms with Gasteiger partial charge in [-0.15, -0.1) is 0 Å². The number of hydrogen-bond acceptors (Lipinski definition) is 2. The first-order valence-electron chi connectivity index (χ1n) is 7.07. The molecule has 3 rings (SSSR count). The molecular weight excluding hydrogens is 333 g/mol. The quantitative estimate of drug-likeness (QED) is 0.825. The first kappa shape index (κ1) is 14.5. The summed E-state index contributed by atoms with van der Waals surface area (Å²) >= 11 is 3.50.